The minimum atomic E-state index is 0.513. The standard InChI is InChI=1S/C22H25N3O3/c1-25(2)18-7-5-9-20(15-18)28-21-10-11-22(23-16-21)24-17-6-4-8-19(14-17)27-13-12-26-3/h4-11,14-16H,12-13H2,1-3H3,(H,23,24). The molecule has 1 heterocycles. The minimum absolute atomic E-state index is 0.513. The van der Waals surface area contributed by atoms with Crippen molar-refractivity contribution in [2.24, 2.45) is 0 Å². The Kier molecular flexibility index (Phi) is 6.70. The third-order valence-electron chi connectivity index (χ3n) is 3.97. The number of ether oxygens (including phenoxy) is 3. The molecule has 6 heteroatoms. The van der Waals surface area contributed by atoms with Gasteiger partial charge in [0, 0.05) is 44.7 Å². The molecular formula is C22H25N3O3. The van der Waals surface area contributed by atoms with Crippen molar-refractivity contribution in [3.63, 3.8) is 0 Å². The van der Waals surface area contributed by atoms with Gasteiger partial charge in [-0.25, -0.2) is 4.98 Å². The van der Waals surface area contributed by atoms with E-state index < -0.39 is 0 Å². The third kappa shape index (κ3) is 5.62. The van der Waals surface area contributed by atoms with Crippen LogP contribution in [0.4, 0.5) is 17.2 Å². The van der Waals surface area contributed by atoms with Gasteiger partial charge in [0.2, 0.25) is 0 Å². The lowest BCUT2D eigenvalue weighted by molar-refractivity contribution is 0.146. The molecular weight excluding hydrogens is 354 g/mol. The molecule has 0 saturated heterocycles. The van der Waals surface area contributed by atoms with Crippen molar-refractivity contribution in [3.05, 3.63) is 66.9 Å². The number of anilines is 3. The molecule has 28 heavy (non-hydrogen) atoms. The fraction of sp³-hybridized carbons (Fsp3) is 0.227. The van der Waals surface area contributed by atoms with E-state index in [1.54, 1.807) is 13.3 Å². The van der Waals surface area contributed by atoms with E-state index in [9.17, 15) is 0 Å². The van der Waals surface area contributed by atoms with E-state index in [1.807, 2.05) is 79.7 Å². The maximum Gasteiger partial charge on any atom is 0.145 e. The summed E-state index contributed by atoms with van der Waals surface area (Å²) in [6.07, 6.45) is 1.70. The van der Waals surface area contributed by atoms with Gasteiger partial charge >= 0.3 is 0 Å². The van der Waals surface area contributed by atoms with Gasteiger partial charge < -0.3 is 24.4 Å². The summed E-state index contributed by atoms with van der Waals surface area (Å²) in [5, 5.41) is 3.27. The molecule has 3 aromatic rings. The van der Waals surface area contributed by atoms with Gasteiger partial charge in [0.1, 0.15) is 29.7 Å². The quantitative estimate of drug-likeness (QED) is 0.544. The van der Waals surface area contributed by atoms with Crippen LogP contribution in [0, 0.1) is 0 Å². The number of nitrogens with one attached hydrogen (secondary N) is 1. The van der Waals surface area contributed by atoms with Crippen LogP contribution in [0.2, 0.25) is 0 Å². The number of rotatable bonds is 9. The second-order valence-corrected chi connectivity index (χ2v) is 6.37. The number of benzene rings is 2. The smallest absolute Gasteiger partial charge is 0.145 e. The Hall–Kier alpha value is -3.25. The number of hydrogen-bond donors (Lipinski definition) is 1. The van der Waals surface area contributed by atoms with Crippen LogP contribution < -0.4 is 19.7 Å². The molecule has 3 rings (SSSR count). The third-order valence-corrected chi connectivity index (χ3v) is 3.97. The number of pyridine rings is 1. The van der Waals surface area contributed by atoms with Gasteiger partial charge in [-0.15, -0.1) is 0 Å². The van der Waals surface area contributed by atoms with Crippen LogP contribution in [-0.2, 0) is 4.74 Å². The van der Waals surface area contributed by atoms with Crippen molar-refractivity contribution in [3.8, 4) is 17.2 Å². The Morgan fingerprint density at radius 2 is 1.71 bits per heavy atom. The number of aromatic nitrogens is 1. The van der Waals surface area contributed by atoms with Gasteiger partial charge in [-0.2, -0.15) is 0 Å². The largest absolute Gasteiger partial charge is 0.491 e. The molecule has 0 atom stereocenters. The Bertz CT molecular complexity index is 882. The van der Waals surface area contributed by atoms with Crippen LogP contribution in [0.15, 0.2) is 66.9 Å². The maximum atomic E-state index is 5.90. The minimum Gasteiger partial charge on any atom is -0.491 e. The first-order chi connectivity index (χ1) is 13.6. The molecule has 0 radical (unpaired) electrons. The molecule has 146 valence electrons. The Balaban J connectivity index is 1.62. The van der Waals surface area contributed by atoms with Gasteiger partial charge in [0.05, 0.1) is 12.8 Å². The average Bonchev–Trinajstić information content (AvgIpc) is 2.70. The summed E-state index contributed by atoms with van der Waals surface area (Å²) >= 11 is 0. The predicted molar refractivity (Wildman–Crippen MR) is 112 cm³/mol. The summed E-state index contributed by atoms with van der Waals surface area (Å²) in [5.74, 6) is 2.96. The normalized spacial score (nSPS) is 10.4. The van der Waals surface area contributed by atoms with Crippen molar-refractivity contribution in [2.45, 2.75) is 0 Å². The fourth-order valence-electron chi connectivity index (χ4n) is 2.53. The molecule has 2 aromatic carbocycles. The van der Waals surface area contributed by atoms with Gasteiger partial charge in [-0.1, -0.05) is 12.1 Å². The first-order valence-electron chi connectivity index (χ1n) is 9.04. The summed E-state index contributed by atoms with van der Waals surface area (Å²) in [6, 6.07) is 19.4. The molecule has 1 aromatic heterocycles. The molecule has 0 aliphatic carbocycles. The molecule has 0 unspecified atom stereocenters. The second-order valence-electron chi connectivity index (χ2n) is 6.37. The highest BCUT2D eigenvalue weighted by Crippen LogP contribution is 2.26. The van der Waals surface area contributed by atoms with Gasteiger partial charge in [0.15, 0.2) is 0 Å². The number of methoxy groups -OCH3 is 1. The SMILES string of the molecule is COCCOc1cccc(Nc2ccc(Oc3cccc(N(C)C)c3)cn2)c1. The molecule has 6 nitrogen and oxygen atoms in total. The summed E-state index contributed by atoms with van der Waals surface area (Å²) in [7, 11) is 5.65. The monoisotopic (exact) mass is 379 g/mol. The Labute approximate surface area is 165 Å². The average molecular weight is 379 g/mol. The number of nitrogens with zero attached hydrogens (tertiary/aromatic N) is 2. The van der Waals surface area contributed by atoms with Gasteiger partial charge in [0.25, 0.3) is 0 Å². The van der Waals surface area contributed by atoms with Crippen molar-refractivity contribution in [1.29, 1.82) is 0 Å². The van der Waals surface area contributed by atoms with E-state index in [4.69, 9.17) is 14.2 Å². The van der Waals surface area contributed by atoms with Crippen LogP contribution in [0.1, 0.15) is 0 Å². The molecule has 0 aliphatic rings. The molecule has 0 bridgehead atoms. The lowest BCUT2D eigenvalue weighted by Crippen LogP contribution is -2.08. The Morgan fingerprint density at radius 3 is 2.46 bits per heavy atom. The van der Waals surface area contributed by atoms with E-state index >= 15 is 0 Å². The van der Waals surface area contributed by atoms with Crippen LogP contribution >= 0.6 is 0 Å². The van der Waals surface area contributed by atoms with Crippen LogP contribution in [0.25, 0.3) is 0 Å². The molecule has 0 aliphatic heterocycles. The summed E-state index contributed by atoms with van der Waals surface area (Å²) in [5.41, 5.74) is 1.98. The van der Waals surface area contributed by atoms with Crippen molar-refractivity contribution < 1.29 is 14.2 Å². The Morgan fingerprint density at radius 1 is 0.893 bits per heavy atom. The summed E-state index contributed by atoms with van der Waals surface area (Å²) in [6.45, 7) is 1.07. The van der Waals surface area contributed by atoms with Crippen molar-refractivity contribution in [2.75, 3.05) is 44.6 Å². The zero-order valence-electron chi connectivity index (χ0n) is 16.4. The lowest BCUT2D eigenvalue weighted by atomic mass is 10.3. The molecule has 0 fully saturated rings. The molecule has 1 N–H and O–H groups in total. The van der Waals surface area contributed by atoms with Gasteiger partial charge in [-0.05, 0) is 36.4 Å². The van der Waals surface area contributed by atoms with Crippen molar-refractivity contribution >= 4 is 17.2 Å². The van der Waals surface area contributed by atoms with E-state index in [0.717, 1.165) is 28.7 Å². The highest BCUT2D eigenvalue weighted by molar-refractivity contribution is 5.58. The van der Waals surface area contributed by atoms with Crippen LogP contribution in [0.5, 0.6) is 17.2 Å². The lowest BCUT2D eigenvalue weighted by Gasteiger charge is -2.14. The van der Waals surface area contributed by atoms with E-state index in [1.165, 1.54) is 0 Å². The number of hydrogen-bond acceptors (Lipinski definition) is 6. The topological polar surface area (TPSA) is 55.9 Å². The van der Waals surface area contributed by atoms with Gasteiger partial charge in [-0.3, -0.25) is 0 Å². The summed E-state index contributed by atoms with van der Waals surface area (Å²) < 4.78 is 16.5. The second kappa shape index (κ2) is 9.62. The molecule has 0 saturated carbocycles. The van der Waals surface area contributed by atoms with Crippen LogP contribution in [0.3, 0.4) is 0 Å². The maximum absolute atomic E-state index is 5.90. The fourth-order valence-corrected chi connectivity index (χ4v) is 2.53. The van der Waals surface area contributed by atoms with Crippen molar-refractivity contribution in [1.82, 2.24) is 4.98 Å². The highest BCUT2D eigenvalue weighted by Gasteiger charge is 2.03. The highest BCUT2D eigenvalue weighted by atomic mass is 16.5. The van der Waals surface area contributed by atoms with Crippen LogP contribution in [-0.4, -0.2) is 39.4 Å². The predicted octanol–water partition coefficient (Wildman–Crippen LogP) is 4.71. The first-order valence-corrected chi connectivity index (χ1v) is 9.04. The summed E-state index contributed by atoms with van der Waals surface area (Å²) in [4.78, 5) is 6.46. The van der Waals surface area contributed by atoms with E-state index in [2.05, 4.69) is 10.3 Å². The molecule has 0 amide bonds. The first kappa shape index (κ1) is 19.5. The van der Waals surface area contributed by atoms with E-state index in [0.29, 0.717) is 19.0 Å². The molecule has 0 spiro atoms. The zero-order valence-corrected chi connectivity index (χ0v) is 16.4. The van der Waals surface area contributed by atoms with E-state index in [-0.39, 0.29) is 0 Å². The zero-order chi connectivity index (χ0) is 19.8.